The lowest BCUT2D eigenvalue weighted by Gasteiger charge is -2.31. The Morgan fingerprint density at radius 2 is 1.95 bits per heavy atom. The van der Waals surface area contributed by atoms with Crippen molar-refractivity contribution in [1.82, 2.24) is 25.1 Å². The minimum Gasteiger partial charge on any atom is -0.325 e. The molecule has 7 nitrogen and oxygen atoms in total. The van der Waals surface area contributed by atoms with Gasteiger partial charge in [0.05, 0.1) is 5.69 Å². The Labute approximate surface area is 129 Å². The molecule has 116 valence electrons. The van der Waals surface area contributed by atoms with E-state index in [-0.39, 0.29) is 6.03 Å². The number of carbonyl (C=O) groups excluding carboxylic acids is 1. The largest absolute Gasteiger partial charge is 0.325 e. The van der Waals surface area contributed by atoms with Crippen molar-refractivity contribution in [2.45, 2.75) is 38.1 Å². The maximum Gasteiger partial charge on any atom is 0.321 e. The van der Waals surface area contributed by atoms with Crippen molar-refractivity contribution in [3.05, 3.63) is 30.6 Å². The van der Waals surface area contributed by atoms with E-state index in [1.165, 1.54) is 25.6 Å². The Balaban J connectivity index is 1.61. The molecule has 0 saturated heterocycles. The van der Waals surface area contributed by atoms with Crippen molar-refractivity contribution in [1.29, 1.82) is 0 Å². The van der Waals surface area contributed by atoms with Gasteiger partial charge in [-0.3, -0.25) is 0 Å². The first-order valence-corrected chi connectivity index (χ1v) is 7.61. The number of carbonyl (C=O) groups is 1. The SMILES string of the molecule is CN(C(=O)Nc1ccc(-n2cnnn2)cc1)C1CCCCC1. The number of anilines is 1. The summed E-state index contributed by atoms with van der Waals surface area (Å²) in [7, 11) is 1.88. The zero-order chi connectivity index (χ0) is 15.4. The Kier molecular flexibility index (Phi) is 4.32. The van der Waals surface area contributed by atoms with Crippen molar-refractivity contribution in [2.75, 3.05) is 12.4 Å². The van der Waals surface area contributed by atoms with Crippen LogP contribution in [0.15, 0.2) is 30.6 Å². The van der Waals surface area contributed by atoms with Gasteiger partial charge in [-0.1, -0.05) is 19.3 Å². The number of aromatic nitrogens is 4. The minimum absolute atomic E-state index is 0.0536. The summed E-state index contributed by atoms with van der Waals surface area (Å²) >= 11 is 0. The van der Waals surface area contributed by atoms with Crippen LogP contribution in [0, 0.1) is 0 Å². The molecule has 1 saturated carbocycles. The van der Waals surface area contributed by atoms with E-state index in [0.717, 1.165) is 24.2 Å². The number of nitrogens with one attached hydrogen (secondary N) is 1. The normalized spacial score (nSPS) is 15.5. The summed E-state index contributed by atoms with van der Waals surface area (Å²) < 4.78 is 1.57. The number of urea groups is 1. The highest BCUT2D eigenvalue weighted by Crippen LogP contribution is 2.22. The van der Waals surface area contributed by atoms with Gasteiger partial charge in [0.2, 0.25) is 0 Å². The van der Waals surface area contributed by atoms with Crippen LogP contribution in [0.1, 0.15) is 32.1 Å². The fraction of sp³-hybridized carbons (Fsp3) is 0.467. The smallest absolute Gasteiger partial charge is 0.321 e. The summed E-state index contributed by atoms with van der Waals surface area (Å²) in [5.74, 6) is 0. The van der Waals surface area contributed by atoms with Gasteiger partial charge >= 0.3 is 6.03 Å². The number of benzene rings is 1. The molecule has 1 fully saturated rings. The van der Waals surface area contributed by atoms with Crippen LogP contribution in [-0.2, 0) is 0 Å². The van der Waals surface area contributed by atoms with E-state index in [1.54, 1.807) is 4.68 Å². The Morgan fingerprint density at radius 1 is 1.23 bits per heavy atom. The van der Waals surface area contributed by atoms with E-state index in [1.807, 2.05) is 36.2 Å². The second-order valence-electron chi connectivity index (χ2n) is 5.63. The molecule has 1 aliphatic rings. The van der Waals surface area contributed by atoms with Gasteiger partial charge in [0, 0.05) is 18.8 Å². The first kappa shape index (κ1) is 14.5. The number of hydrogen-bond donors (Lipinski definition) is 1. The van der Waals surface area contributed by atoms with E-state index in [0.29, 0.717) is 6.04 Å². The summed E-state index contributed by atoms with van der Waals surface area (Å²) in [5.41, 5.74) is 1.62. The van der Waals surface area contributed by atoms with E-state index in [2.05, 4.69) is 20.8 Å². The van der Waals surface area contributed by atoms with Gasteiger partial charge in [-0.2, -0.15) is 0 Å². The van der Waals surface area contributed by atoms with Crippen LogP contribution in [0.4, 0.5) is 10.5 Å². The highest BCUT2D eigenvalue weighted by Gasteiger charge is 2.21. The summed E-state index contributed by atoms with van der Waals surface area (Å²) in [6.07, 6.45) is 7.44. The van der Waals surface area contributed by atoms with E-state index < -0.39 is 0 Å². The third-order valence-electron chi connectivity index (χ3n) is 4.17. The molecule has 1 aromatic heterocycles. The zero-order valence-electron chi connectivity index (χ0n) is 12.6. The van der Waals surface area contributed by atoms with Gasteiger partial charge in [0.15, 0.2) is 0 Å². The molecule has 0 spiro atoms. The molecule has 0 bridgehead atoms. The minimum atomic E-state index is -0.0536. The molecule has 3 rings (SSSR count). The predicted octanol–water partition coefficient (Wildman–Crippen LogP) is 2.46. The molecule has 1 aliphatic carbocycles. The average Bonchev–Trinajstić information content (AvgIpc) is 3.10. The third-order valence-corrected chi connectivity index (χ3v) is 4.17. The molecule has 1 N–H and O–H groups in total. The van der Waals surface area contributed by atoms with Gasteiger partial charge in [-0.05, 0) is 47.5 Å². The summed E-state index contributed by atoms with van der Waals surface area (Å²) in [6, 6.07) is 7.74. The van der Waals surface area contributed by atoms with Gasteiger partial charge in [-0.25, -0.2) is 9.48 Å². The van der Waals surface area contributed by atoms with Crippen LogP contribution in [0.3, 0.4) is 0 Å². The van der Waals surface area contributed by atoms with Crippen LogP contribution in [-0.4, -0.2) is 44.2 Å². The lowest BCUT2D eigenvalue weighted by atomic mass is 9.95. The molecule has 1 heterocycles. The standard InChI is InChI=1S/C15H20N6O/c1-20(13-5-3-2-4-6-13)15(22)17-12-7-9-14(10-8-12)21-11-16-18-19-21/h7-11,13H,2-6H2,1H3,(H,17,22). The Morgan fingerprint density at radius 3 is 2.59 bits per heavy atom. The van der Waals surface area contributed by atoms with Crippen LogP contribution in [0.25, 0.3) is 5.69 Å². The molecule has 7 heteroatoms. The van der Waals surface area contributed by atoms with Gasteiger partial charge in [-0.15, -0.1) is 5.10 Å². The molecular formula is C15H20N6O. The lowest BCUT2D eigenvalue weighted by Crippen LogP contribution is -2.40. The number of tetrazole rings is 1. The molecule has 0 radical (unpaired) electrons. The van der Waals surface area contributed by atoms with Crippen molar-refractivity contribution in [2.24, 2.45) is 0 Å². The Hall–Kier alpha value is -2.44. The number of hydrogen-bond acceptors (Lipinski definition) is 4. The summed E-state index contributed by atoms with van der Waals surface area (Å²) in [6.45, 7) is 0. The van der Waals surface area contributed by atoms with E-state index in [4.69, 9.17) is 0 Å². The van der Waals surface area contributed by atoms with Crippen LogP contribution < -0.4 is 5.32 Å². The first-order valence-electron chi connectivity index (χ1n) is 7.61. The predicted molar refractivity (Wildman–Crippen MR) is 82.8 cm³/mol. The number of rotatable bonds is 3. The van der Waals surface area contributed by atoms with Crippen molar-refractivity contribution in [3.63, 3.8) is 0 Å². The maximum atomic E-state index is 12.3. The highest BCUT2D eigenvalue weighted by atomic mass is 16.2. The second-order valence-corrected chi connectivity index (χ2v) is 5.63. The van der Waals surface area contributed by atoms with Gasteiger partial charge in [0.25, 0.3) is 0 Å². The molecule has 0 aliphatic heterocycles. The monoisotopic (exact) mass is 300 g/mol. The number of amides is 2. The topological polar surface area (TPSA) is 75.9 Å². The van der Waals surface area contributed by atoms with Crippen molar-refractivity contribution in [3.8, 4) is 5.69 Å². The van der Waals surface area contributed by atoms with Crippen LogP contribution in [0.2, 0.25) is 0 Å². The fourth-order valence-corrected chi connectivity index (χ4v) is 2.82. The van der Waals surface area contributed by atoms with Gasteiger partial charge < -0.3 is 10.2 Å². The first-order chi connectivity index (χ1) is 10.7. The quantitative estimate of drug-likeness (QED) is 0.944. The third kappa shape index (κ3) is 3.24. The highest BCUT2D eigenvalue weighted by molar-refractivity contribution is 5.89. The van der Waals surface area contributed by atoms with Gasteiger partial charge in [0.1, 0.15) is 6.33 Å². The van der Waals surface area contributed by atoms with Crippen LogP contribution in [0.5, 0.6) is 0 Å². The van der Waals surface area contributed by atoms with Crippen molar-refractivity contribution >= 4 is 11.7 Å². The molecule has 22 heavy (non-hydrogen) atoms. The molecule has 2 aromatic rings. The van der Waals surface area contributed by atoms with E-state index >= 15 is 0 Å². The molecule has 2 amide bonds. The molecule has 1 aromatic carbocycles. The molecule has 0 unspecified atom stereocenters. The fourth-order valence-electron chi connectivity index (χ4n) is 2.82. The Bertz CT molecular complexity index is 603. The van der Waals surface area contributed by atoms with Crippen molar-refractivity contribution < 1.29 is 4.79 Å². The maximum absolute atomic E-state index is 12.3. The molecule has 0 atom stereocenters. The summed E-state index contributed by atoms with van der Waals surface area (Å²) in [5, 5.41) is 14.0. The summed E-state index contributed by atoms with van der Waals surface area (Å²) in [4.78, 5) is 14.1. The molecular weight excluding hydrogens is 280 g/mol. The van der Waals surface area contributed by atoms with E-state index in [9.17, 15) is 4.79 Å². The van der Waals surface area contributed by atoms with Crippen LogP contribution >= 0.6 is 0 Å². The zero-order valence-corrected chi connectivity index (χ0v) is 12.6. The second kappa shape index (κ2) is 6.55. The lowest BCUT2D eigenvalue weighted by molar-refractivity contribution is 0.186. The average molecular weight is 300 g/mol. The number of nitrogens with zero attached hydrogens (tertiary/aromatic N) is 5.